The maximum absolute atomic E-state index is 13.1. The summed E-state index contributed by atoms with van der Waals surface area (Å²) < 4.78 is 15.1. The summed E-state index contributed by atoms with van der Waals surface area (Å²) in [6.07, 6.45) is 6.23. The molecule has 6 nitrogen and oxygen atoms in total. The smallest absolute Gasteiger partial charge is 0.253 e. The molecule has 2 fully saturated rings. The van der Waals surface area contributed by atoms with Crippen molar-refractivity contribution >= 4 is 11.8 Å². The molecule has 0 radical (unpaired) electrons. The molecule has 5 rings (SSSR count). The molecule has 0 bridgehead atoms. The molecule has 2 aliphatic rings. The summed E-state index contributed by atoms with van der Waals surface area (Å²) in [5.74, 6) is 0.0532. The lowest BCUT2D eigenvalue weighted by atomic mass is 10.1. The number of aromatic nitrogens is 2. The first kappa shape index (κ1) is 20.4. The molecule has 2 amide bonds. The van der Waals surface area contributed by atoms with Crippen LogP contribution < -0.4 is 0 Å². The maximum atomic E-state index is 13.1. The van der Waals surface area contributed by atoms with Crippen LogP contribution in [0.2, 0.25) is 0 Å². The van der Waals surface area contributed by atoms with Crippen molar-refractivity contribution in [3.05, 3.63) is 89.8 Å². The molecule has 164 valence electrons. The minimum Gasteiger partial charge on any atom is -0.339 e. The fourth-order valence-corrected chi connectivity index (χ4v) is 4.44. The zero-order valence-electron chi connectivity index (χ0n) is 17.7. The Morgan fingerprint density at radius 2 is 1.62 bits per heavy atom. The second-order valence-electron chi connectivity index (χ2n) is 8.55. The van der Waals surface area contributed by atoms with Crippen molar-refractivity contribution in [1.29, 1.82) is 0 Å². The van der Waals surface area contributed by atoms with Crippen molar-refractivity contribution in [2.45, 2.75) is 18.9 Å². The molecular formula is C25H25FN4O2. The number of hydrogen-bond donors (Lipinski definition) is 0. The van der Waals surface area contributed by atoms with E-state index >= 15 is 0 Å². The summed E-state index contributed by atoms with van der Waals surface area (Å²) in [5, 5.41) is 0. The Bertz CT molecular complexity index is 1090. The molecule has 3 aromatic rings. The molecule has 1 aliphatic carbocycles. The second-order valence-corrected chi connectivity index (χ2v) is 8.55. The van der Waals surface area contributed by atoms with E-state index < -0.39 is 0 Å². The van der Waals surface area contributed by atoms with Crippen LogP contribution in [0.3, 0.4) is 0 Å². The average molecular weight is 432 g/mol. The Labute approximate surface area is 186 Å². The van der Waals surface area contributed by atoms with Gasteiger partial charge in [0.1, 0.15) is 5.82 Å². The molecule has 1 saturated heterocycles. The van der Waals surface area contributed by atoms with Crippen LogP contribution in [-0.4, -0.2) is 57.3 Å². The number of benzene rings is 2. The molecule has 0 spiro atoms. The lowest BCUT2D eigenvalue weighted by Crippen LogP contribution is -2.51. The first-order valence-corrected chi connectivity index (χ1v) is 11.0. The van der Waals surface area contributed by atoms with E-state index in [1.54, 1.807) is 24.7 Å². The van der Waals surface area contributed by atoms with Crippen molar-refractivity contribution in [3.8, 4) is 0 Å². The first-order valence-electron chi connectivity index (χ1n) is 11.0. The van der Waals surface area contributed by atoms with Gasteiger partial charge in [-0.25, -0.2) is 9.37 Å². The monoisotopic (exact) mass is 432 g/mol. The highest BCUT2D eigenvalue weighted by molar-refractivity contribution is 5.94. The zero-order valence-corrected chi connectivity index (χ0v) is 17.7. The average Bonchev–Trinajstić information content (AvgIpc) is 3.46. The quantitative estimate of drug-likeness (QED) is 0.622. The molecule has 1 saturated carbocycles. The van der Waals surface area contributed by atoms with E-state index in [9.17, 15) is 14.0 Å². The van der Waals surface area contributed by atoms with Crippen molar-refractivity contribution < 1.29 is 14.0 Å². The Morgan fingerprint density at radius 1 is 0.938 bits per heavy atom. The predicted octanol–water partition coefficient (Wildman–Crippen LogP) is 3.16. The number of nitrogens with zero attached hydrogens (tertiary/aromatic N) is 4. The largest absolute Gasteiger partial charge is 0.339 e. The third kappa shape index (κ3) is 4.28. The summed E-state index contributed by atoms with van der Waals surface area (Å²) in [6, 6.07) is 14.1. The normalized spacial score (nSPS) is 20.3. The second kappa shape index (κ2) is 8.57. The van der Waals surface area contributed by atoms with Crippen LogP contribution in [0.5, 0.6) is 0 Å². The summed E-state index contributed by atoms with van der Waals surface area (Å²) in [6.45, 7) is 2.89. The number of rotatable bonds is 5. The standard InChI is InChI=1S/C25H25FN4O2/c26-21-7-5-19(6-8-21)22-15-23(22)25(32)30-13-11-29(12-14-30)24(31)20-3-1-18(2-4-20)16-28-10-9-27-17-28/h1-10,17,22-23H,11-16H2. The highest BCUT2D eigenvalue weighted by Gasteiger charge is 2.46. The Kier molecular flexibility index (Phi) is 5.47. The van der Waals surface area contributed by atoms with E-state index in [0.29, 0.717) is 31.7 Å². The number of halogens is 1. The van der Waals surface area contributed by atoms with E-state index in [-0.39, 0.29) is 29.5 Å². The van der Waals surface area contributed by atoms with E-state index in [1.165, 1.54) is 12.1 Å². The van der Waals surface area contributed by atoms with Crippen LogP contribution in [0.4, 0.5) is 4.39 Å². The molecule has 2 unspecified atom stereocenters. The van der Waals surface area contributed by atoms with Crippen LogP contribution in [0, 0.1) is 11.7 Å². The van der Waals surface area contributed by atoms with Gasteiger partial charge < -0.3 is 14.4 Å². The van der Waals surface area contributed by atoms with Crippen molar-refractivity contribution in [1.82, 2.24) is 19.4 Å². The summed E-state index contributed by atoms with van der Waals surface area (Å²) >= 11 is 0. The van der Waals surface area contributed by atoms with Gasteiger partial charge in [0.2, 0.25) is 5.91 Å². The van der Waals surface area contributed by atoms with Gasteiger partial charge in [-0.05, 0) is 47.7 Å². The SMILES string of the molecule is O=C(c1ccc(Cn2ccnc2)cc1)N1CCN(C(=O)C2CC2c2ccc(F)cc2)CC1. The molecule has 0 N–H and O–H groups in total. The van der Waals surface area contributed by atoms with Crippen molar-refractivity contribution in [2.24, 2.45) is 5.92 Å². The molecular weight excluding hydrogens is 407 g/mol. The number of carbonyl (C=O) groups is 2. The van der Waals surface area contributed by atoms with Gasteiger partial charge in [0.25, 0.3) is 5.91 Å². The third-order valence-corrected chi connectivity index (χ3v) is 6.41. The maximum Gasteiger partial charge on any atom is 0.253 e. The fourth-order valence-electron chi connectivity index (χ4n) is 4.44. The van der Waals surface area contributed by atoms with Gasteiger partial charge in [-0.15, -0.1) is 0 Å². The van der Waals surface area contributed by atoms with Crippen LogP contribution in [-0.2, 0) is 11.3 Å². The van der Waals surface area contributed by atoms with Crippen molar-refractivity contribution in [2.75, 3.05) is 26.2 Å². The number of amides is 2. The molecule has 2 heterocycles. The first-order chi connectivity index (χ1) is 15.6. The highest BCUT2D eigenvalue weighted by Crippen LogP contribution is 2.48. The number of piperazine rings is 1. The minimum absolute atomic E-state index is 0.00175. The topological polar surface area (TPSA) is 58.4 Å². The van der Waals surface area contributed by atoms with Gasteiger partial charge in [0, 0.05) is 56.6 Å². The number of hydrogen-bond acceptors (Lipinski definition) is 3. The fraction of sp³-hybridized carbons (Fsp3) is 0.320. The van der Waals surface area contributed by atoms with Crippen LogP contribution in [0.1, 0.15) is 33.8 Å². The van der Waals surface area contributed by atoms with Crippen LogP contribution in [0.25, 0.3) is 0 Å². The number of carbonyl (C=O) groups excluding carboxylic acids is 2. The molecule has 2 aromatic carbocycles. The van der Waals surface area contributed by atoms with Crippen molar-refractivity contribution in [3.63, 3.8) is 0 Å². The van der Waals surface area contributed by atoms with E-state index in [0.717, 1.165) is 24.1 Å². The van der Waals surface area contributed by atoms with Gasteiger partial charge in [-0.1, -0.05) is 24.3 Å². The van der Waals surface area contributed by atoms with E-state index in [1.807, 2.05) is 44.8 Å². The van der Waals surface area contributed by atoms with Gasteiger partial charge in [0.15, 0.2) is 0 Å². The lowest BCUT2D eigenvalue weighted by molar-refractivity contribution is -0.134. The molecule has 1 aromatic heterocycles. The Balaban J connectivity index is 1.13. The van der Waals surface area contributed by atoms with Gasteiger partial charge in [-0.3, -0.25) is 9.59 Å². The van der Waals surface area contributed by atoms with Gasteiger partial charge in [-0.2, -0.15) is 0 Å². The predicted molar refractivity (Wildman–Crippen MR) is 118 cm³/mol. The van der Waals surface area contributed by atoms with E-state index in [4.69, 9.17) is 0 Å². The number of imidazole rings is 1. The van der Waals surface area contributed by atoms with Gasteiger partial charge in [0.05, 0.1) is 6.33 Å². The molecule has 32 heavy (non-hydrogen) atoms. The summed E-state index contributed by atoms with van der Waals surface area (Å²) in [7, 11) is 0. The minimum atomic E-state index is -0.258. The lowest BCUT2D eigenvalue weighted by Gasteiger charge is -2.35. The molecule has 7 heteroatoms. The summed E-state index contributed by atoms with van der Waals surface area (Å²) in [5.41, 5.74) is 2.79. The zero-order chi connectivity index (χ0) is 22.1. The Morgan fingerprint density at radius 3 is 2.28 bits per heavy atom. The summed E-state index contributed by atoms with van der Waals surface area (Å²) in [4.78, 5) is 33.5. The van der Waals surface area contributed by atoms with Gasteiger partial charge >= 0.3 is 0 Å². The van der Waals surface area contributed by atoms with Crippen LogP contribution >= 0.6 is 0 Å². The van der Waals surface area contributed by atoms with E-state index in [2.05, 4.69) is 4.98 Å². The molecule has 2 atom stereocenters. The van der Waals surface area contributed by atoms with Crippen LogP contribution in [0.15, 0.2) is 67.3 Å². The highest BCUT2D eigenvalue weighted by atomic mass is 19.1. The third-order valence-electron chi connectivity index (χ3n) is 6.41. The molecule has 1 aliphatic heterocycles. The Hall–Kier alpha value is -3.48.